The van der Waals surface area contributed by atoms with Gasteiger partial charge in [0.15, 0.2) is 5.96 Å². The van der Waals surface area contributed by atoms with Crippen molar-refractivity contribution < 1.29 is 9.50 Å². The van der Waals surface area contributed by atoms with Gasteiger partial charge in [-0.05, 0) is 48.2 Å². The maximum Gasteiger partial charge on any atom is 0.191 e. The number of likely N-dealkylation sites (tertiary alicyclic amines) is 1. The minimum absolute atomic E-state index is 0. The molecule has 174 valence electrons. The Bertz CT molecular complexity index is 861. The molecule has 2 aromatic rings. The molecule has 0 spiro atoms. The van der Waals surface area contributed by atoms with Crippen LogP contribution in [0.5, 0.6) is 0 Å². The van der Waals surface area contributed by atoms with Crippen molar-refractivity contribution >= 4 is 35.6 Å². The molecule has 0 aromatic heterocycles. The Labute approximate surface area is 206 Å². The number of benzene rings is 2. The van der Waals surface area contributed by atoms with Crippen LogP contribution in [-0.2, 0) is 13.1 Å². The molecule has 32 heavy (non-hydrogen) atoms. The van der Waals surface area contributed by atoms with E-state index in [-0.39, 0.29) is 35.9 Å². The van der Waals surface area contributed by atoms with Crippen molar-refractivity contribution in [2.24, 2.45) is 10.7 Å². The largest absolute Gasteiger partial charge is 0.393 e. The number of hydrogen-bond donors (Lipinski definition) is 2. The molecule has 0 unspecified atom stereocenters. The first-order valence-electron chi connectivity index (χ1n) is 11.1. The van der Waals surface area contributed by atoms with Crippen LogP contribution in [-0.4, -0.2) is 66.2 Å². The molecule has 0 bridgehead atoms. The van der Waals surface area contributed by atoms with Gasteiger partial charge in [-0.1, -0.05) is 24.3 Å². The number of halogens is 2. The smallest absolute Gasteiger partial charge is 0.191 e. The zero-order chi connectivity index (χ0) is 21.6. The molecule has 8 heteroatoms. The molecule has 2 aromatic carbocycles. The van der Waals surface area contributed by atoms with Gasteiger partial charge in [0.2, 0.25) is 0 Å². The van der Waals surface area contributed by atoms with Crippen molar-refractivity contribution in [2.75, 3.05) is 44.2 Å². The third-order valence-electron chi connectivity index (χ3n) is 6.21. The second kappa shape index (κ2) is 11.8. The second-order valence-electron chi connectivity index (χ2n) is 8.45. The second-order valence-corrected chi connectivity index (χ2v) is 8.45. The average Bonchev–Trinajstić information content (AvgIpc) is 2.80. The first-order valence-corrected chi connectivity index (χ1v) is 11.1. The van der Waals surface area contributed by atoms with Crippen LogP contribution in [0.4, 0.5) is 10.1 Å². The fraction of sp³-hybridized carbons (Fsp3) is 0.458. The highest BCUT2D eigenvalue weighted by Gasteiger charge is 2.19. The minimum atomic E-state index is -0.210. The standard InChI is InChI=1S/C24H32FN5O.HI/c25-21-5-7-22(8-6-21)29-13-15-30(16-14-29)24(26)27-17-19-1-3-20(4-2-19)18-28-11-9-23(31)10-12-28;/h1-8,23,31H,9-18H2,(H2,26,27);1H. The van der Waals surface area contributed by atoms with Gasteiger partial charge >= 0.3 is 0 Å². The van der Waals surface area contributed by atoms with Gasteiger partial charge in [0.1, 0.15) is 5.82 Å². The van der Waals surface area contributed by atoms with Gasteiger partial charge in [-0.3, -0.25) is 4.90 Å². The number of piperidine rings is 1. The lowest BCUT2D eigenvalue weighted by atomic mass is 10.1. The van der Waals surface area contributed by atoms with Gasteiger partial charge in [0.25, 0.3) is 0 Å². The summed E-state index contributed by atoms with van der Waals surface area (Å²) < 4.78 is 13.1. The number of piperazine rings is 1. The van der Waals surface area contributed by atoms with E-state index in [0.717, 1.165) is 69.9 Å². The number of aliphatic hydroxyl groups excluding tert-OH is 1. The van der Waals surface area contributed by atoms with Crippen LogP contribution in [0.15, 0.2) is 53.5 Å². The van der Waals surface area contributed by atoms with Crippen molar-refractivity contribution in [3.8, 4) is 0 Å². The van der Waals surface area contributed by atoms with E-state index in [1.807, 2.05) is 12.1 Å². The van der Waals surface area contributed by atoms with Crippen molar-refractivity contribution in [2.45, 2.75) is 32.0 Å². The number of anilines is 1. The summed E-state index contributed by atoms with van der Waals surface area (Å²) in [6.45, 7) is 6.69. The Kier molecular flexibility index (Phi) is 9.12. The van der Waals surface area contributed by atoms with Crippen molar-refractivity contribution in [1.29, 1.82) is 0 Å². The predicted molar refractivity (Wildman–Crippen MR) is 138 cm³/mol. The van der Waals surface area contributed by atoms with Gasteiger partial charge in [-0.2, -0.15) is 0 Å². The lowest BCUT2D eigenvalue weighted by molar-refractivity contribution is 0.0792. The summed E-state index contributed by atoms with van der Waals surface area (Å²) in [6.07, 6.45) is 1.60. The van der Waals surface area contributed by atoms with E-state index in [2.05, 4.69) is 44.0 Å². The molecule has 0 aliphatic carbocycles. The molecule has 0 amide bonds. The van der Waals surface area contributed by atoms with Crippen LogP contribution in [0.1, 0.15) is 24.0 Å². The summed E-state index contributed by atoms with van der Waals surface area (Å²) in [5.74, 6) is 0.368. The molecule has 2 heterocycles. The van der Waals surface area contributed by atoms with E-state index < -0.39 is 0 Å². The van der Waals surface area contributed by atoms with E-state index >= 15 is 0 Å². The lowest BCUT2D eigenvalue weighted by Crippen LogP contribution is -2.51. The molecule has 4 rings (SSSR count). The van der Waals surface area contributed by atoms with E-state index in [9.17, 15) is 9.50 Å². The van der Waals surface area contributed by atoms with Crippen molar-refractivity contribution in [1.82, 2.24) is 9.80 Å². The molecule has 2 fully saturated rings. The monoisotopic (exact) mass is 553 g/mol. The summed E-state index contributed by atoms with van der Waals surface area (Å²) in [6, 6.07) is 15.2. The zero-order valence-electron chi connectivity index (χ0n) is 18.4. The van der Waals surface area contributed by atoms with Gasteiger partial charge in [-0.25, -0.2) is 9.38 Å². The third-order valence-corrected chi connectivity index (χ3v) is 6.21. The van der Waals surface area contributed by atoms with Gasteiger partial charge < -0.3 is 20.6 Å². The maximum absolute atomic E-state index is 13.1. The normalized spacial score (nSPS) is 18.5. The van der Waals surface area contributed by atoms with Crippen LogP contribution in [0.25, 0.3) is 0 Å². The van der Waals surface area contributed by atoms with E-state index in [0.29, 0.717) is 12.5 Å². The fourth-order valence-corrected chi connectivity index (χ4v) is 4.20. The Balaban J connectivity index is 0.00000289. The molecular weight excluding hydrogens is 520 g/mol. The maximum atomic E-state index is 13.1. The third kappa shape index (κ3) is 6.79. The number of aliphatic hydroxyl groups is 1. The van der Waals surface area contributed by atoms with E-state index in [1.165, 1.54) is 17.7 Å². The fourth-order valence-electron chi connectivity index (χ4n) is 4.20. The summed E-state index contributed by atoms with van der Waals surface area (Å²) in [5, 5.41) is 9.63. The number of rotatable bonds is 5. The molecule has 2 saturated heterocycles. The molecule has 0 saturated carbocycles. The number of aliphatic imine (C=N–C) groups is 1. The Hall–Kier alpha value is -1.91. The quantitative estimate of drug-likeness (QED) is 0.339. The number of nitrogens with zero attached hydrogens (tertiary/aromatic N) is 4. The summed E-state index contributed by atoms with van der Waals surface area (Å²) in [7, 11) is 0. The van der Waals surface area contributed by atoms with Crippen molar-refractivity contribution in [3.05, 3.63) is 65.5 Å². The van der Waals surface area contributed by atoms with Crippen LogP contribution >= 0.6 is 24.0 Å². The van der Waals surface area contributed by atoms with Crippen molar-refractivity contribution in [3.63, 3.8) is 0 Å². The van der Waals surface area contributed by atoms with Gasteiger partial charge in [0, 0.05) is 51.5 Å². The molecule has 0 radical (unpaired) electrons. The predicted octanol–water partition coefficient (Wildman–Crippen LogP) is 3.04. The Morgan fingerprint density at radius 3 is 2.12 bits per heavy atom. The topological polar surface area (TPSA) is 68.3 Å². The Morgan fingerprint density at radius 1 is 0.906 bits per heavy atom. The van der Waals surface area contributed by atoms with E-state index in [1.54, 1.807) is 0 Å². The molecule has 2 aliphatic rings. The number of hydrogen-bond acceptors (Lipinski definition) is 4. The van der Waals surface area contributed by atoms with Crippen LogP contribution in [0.2, 0.25) is 0 Å². The highest BCUT2D eigenvalue weighted by atomic mass is 127. The zero-order valence-corrected chi connectivity index (χ0v) is 20.7. The molecule has 0 atom stereocenters. The summed E-state index contributed by atoms with van der Waals surface area (Å²) >= 11 is 0. The first-order chi connectivity index (χ1) is 15.1. The van der Waals surface area contributed by atoms with Gasteiger partial charge in [-0.15, -0.1) is 24.0 Å². The summed E-state index contributed by atoms with van der Waals surface area (Å²) in [4.78, 5) is 11.3. The summed E-state index contributed by atoms with van der Waals surface area (Å²) in [5.41, 5.74) is 9.72. The van der Waals surface area contributed by atoms with Crippen LogP contribution < -0.4 is 10.6 Å². The van der Waals surface area contributed by atoms with Gasteiger partial charge in [0.05, 0.1) is 12.6 Å². The van der Waals surface area contributed by atoms with E-state index in [4.69, 9.17) is 5.73 Å². The lowest BCUT2D eigenvalue weighted by Gasteiger charge is -2.36. The molecule has 6 nitrogen and oxygen atoms in total. The first kappa shape index (κ1) is 24.7. The molecular formula is C24H33FIN5O. The molecule has 2 aliphatic heterocycles. The highest BCUT2D eigenvalue weighted by Crippen LogP contribution is 2.17. The van der Waals surface area contributed by atoms with Crippen LogP contribution in [0.3, 0.4) is 0 Å². The Morgan fingerprint density at radius 2 is 1.50 bits per heavy atom. The van der Waals surface area contributed by atoms with Crippen LogP contribution in [0, 0.1) is 5.82 Å². The molecule has 3 N–H and O–H groups in total. The highest BCUT2D eigenvalue weighted by molar-refractivity contribution is 14.0. The average molecular weight is 553 g/mol. The number of nitrogens with two attached hydrogens (primary N) is 1. The number of guanidine groups is 1. The SMILES string of the molecule is I.NC(=NCc1ccc(CN2CCC(O)CC2)cc1)N1CCN(c2ccc(F)cc2)CC1. The minimum Gasteiger partial charge on any atom is -0.393 e.